The molecule has 0 unspecified atom stereocenters. The molecule has 2 amide bonds. The van der Waals surface area contributed by atoms with E-state index < -0.39 is 0 Å². The molecule has 0 aliphatic carbocycles. The number of halogens is 1. The van der Waals surface area contributed by atoms with Gasteiger partial charge in [-0.1, -0.05) is 35.9 Å². The third-order valence-corrected chi connectivity index (χ3v) is 5.41. The molecule has 4 aromatic rings. The van der Waals surface area contributed by atoms with E-state index in [1.807, 2.05) is 46.4 Å². The van der Waals surface area contributed by atoms with E-state index in [4.69, 9.17) is 11.6 Å². The van der Waals surface area contributed by atoms with Crippen molar-refractivity contribution in [1.29, 1.82) is 0 Å². The summed E-state index contributed by atoms with van der Waals surface area (Å²) in [4.78, 5) is 29.7. The molecule has 0 spiro atoms. The topological polar surface area (TPSA) is 75.5 Å². The van der Waals surface area contributed by atoms with Gasteiger partial charge >= 0.3 is 0 Å². The molecule has 0 aliphatic rings. The van der Waals surface area contributed by atoms with Crippen LogP contribution in [0.4, 0.5) is 5.69 Å². The maximum absolute atomic E-state index is 12.1. The molecule has 29 heavy (non-hydrogen) atoms. The minimum absolute atomic E-state index is 0.162. The van der Waals surface area contributed by atoms with Gasteiger partial charge < -0.3 is 10.6 Å². The number of benzene rings is 2. The van der Waals surface area contributed by atoms with E-state index >= 15 is 0 Å². The summed E-state index contributed by atoms with van der Waals surface area (Å²) < 4.78 is 1.98. The molecule has 2 N–H and O–H groups in total. The van der Waals surface area contributed by atoms with E-state index in [-0.39, 0.29) is 24.8 Å². The molecule has 0 radical (unpaired) electrons. The van der Waals surface area contributed by atoms with Gasteiger partial charge in [-0.3, -0.25) is 14.0 Å². The van der Waals surface area contributed by atoms with E-state index in [1.165, 1.54) is 0 Å². The van der Waals surface area contributed by atoms with Gasteiger partial charge in [0.1, 0.15) is 0 Å². The van der Waals surface area contributed by atoms with E-state index in [0.29, 0.717) is 16.3 Å². The predicted octanol–water partition coefficient (Wildman–Crippen LogP) is 4.47. The van der Waals surface area contributed by atoms with Crippen LogP contribution in [0.3, 0.4) is 0 Å². The highest BCUT2D eigenvalue weighted by atomic mass is 35.5. The number of fused-ring (bicyclic) bond motifs is 1. The van der Waals surface area contributed by atoms with Gasteiger partial charge in [0.15, 0.2) is 4.96 Å². The minimum Gasteiger partial charge on any atom is -0.351 e. The van der Waals surface area contributed by atoms with Crippen LogP contribution in [0.5, 0.6) is 0 Å². The summed E-state index contributed by atoms with van der Waals surface area (Å²) in [6, 6.07) is 14.3. The van der Waals surface area contributed by atoms with E-state index in [9.17, 15) is 9.59 Å². The molecule has 0 saturated heterocycles. The van der Waals surface area contributed by atoms with Crippen LogP contribution in [0, 0.1) is 0 Å². The number of imidazole rings is 1. The maximum atomic E-state index is 12.1. The molecule has 0 atom stereocenters. The lowest BCUT2D eigenvalue weighted by atomic mass is 10.1. The number of anilines is 1. The molecule has 2 aromatic heterocycles. The lowest BCUT2D eigenvalue weighted by Crippen LogP contribution is -2.27. The van der Waals surface area contributed by atoms with Gasteiger partial charge in [0, 0.05) is 42.0 Å². The molecular formula is C21H17ClN4O2S. The number of carbonyl (C=O) groups is 2. The predicted molar refractivity (Wildman–Crippen MR) is 116 cm³/mol. The summed E-state index contributed by atoms with van der Waals surface area (Å²) in [6.45, 7) is 0.222. The molecular weight excluding hydrogens is 408 g/mol. The second-order valence-corrected chi connectivity index (χ2v) is 7.61. The first-order chi connectivity index (χ1) is 14.1. The van der Waals surface area contributed by atoms with Crippen molar-refractivity contribution >= 4 is 45.4 Å². The highest BCUT2D eigenvalue weighted by Gasteiger charge is 2.10. The van der Waals surface area contributed by atoms with Crippen LogP contribution in [0.1, 0.15) is 16.8 Å². The molecule has 0 aliphatic heterocycles. The number of hydrogen-bond donors (Lipinski definition) is 2. The highest BCUT2D eigenvalue weighted by molar-refractivity contribution is 7.15. The maximum Gasteiger partial charge on any atom is 0.252 e. The molecule has 4 rings (SSSR count). The number of amides is 2. The fourth-order valence-corrected chi connectivity index (χ4v) is 3.77. The highest BCUT2D eigenvalue weighted by Crippen LogP contribution is 2.23. The Balaban J connectivity index is 1.29. The molecule has 146 valence electrons. The standard InChI is InChI=1S/C21H17ClN4O2S/c22-17-4-2-1-3-16(17)20(28)23-10-9-19(27)24-15-7-5-14(6-8-15)18-13-26-11-12-29-21(26)25-18/h1-8,11-13H,9-10H2,(H,23,28)(H,24,27). The first-order valence-electron chi connectivity index (χ1n) is 8.95. The first-order valence-corrected chi connectivity index (χ1v) is 10.2. The molecule has 0 saturated carbocycles. The monoisotopic (exact) mass is 424 g/mol. The van der Waals surface area contributed by atoms with Crippen molar-refractivity contribution in [2.24, 2.45) is 0 Å². The van der Waals surface area contributed by atoms with Crippen LogP contribution in [0.15, 0.2) is 66.3 Å². The summed E-state index contributed by atoms with van der Waals surface area (Å²) in [5.74, 6) is -0.479. The van der Waals surface area contributed by atoms with Crippen LogP contribution < -0.4 is 10.6 Å². The van der Waals surface area contributed by atoms with Gasteiger partial charge in [-0.25, -0.2) is 4.98 Å². The Hall–Kier alpha value is -3.16. The van der Waals surface area contributed by atoms with Gasteiger partial charge in [-0.15, -0.1) is 11.3 Å². The lowest BCUT2D eigenvalue weighted by molar-refractivity contribution is -0.116. The van der Waals surface area contributed by atoms with Crippen LogP contribution >= 0.6 is 22.9 Å². The fourth-order valence-electron chi connectivity index (χ4n) is 2.84. The van der Waals surface area contributed by atoms with Gasteiger partial charge in [0.25, 0.3) is 5.91 Å². The van der Waals surface area contributed by atoms with Gasteiger partial charge in [-0.05, 0) is 24.3 Å². The Bertz CT molecular complexity index is 1140. The first kappa shape index (κ1) is 19.2. The molecule has 0 fully saturated rings. The number of thiazole rings is 1. The average Bonchev–Trinajstić information content (AvgIpc) is 3.31. The van der Waals surface area contributed by atoms with Gasteiger partial charge in [0.2, 0.25) is 5.91 Å². The largest absolute Gasteiger partial charge is 0.351 e. The van der Waals surface area contributed by atoms with Crippen molar-refractivity contribution in [3.8, 4) is 11.3 Å². The molecule has 0 bridgehead atoms. The molecule has 6 nitrogen and oxygen atoms in total. The van der Waals surface area contributed by atoms with Crippen molar-refractivity contribution in [1.82, 2.24) is 14.7 Å². The summed E-state index contributed by atoms with van der Waals surface area (Å²) in [5, 5.41) is 7.90. The Morgan fingerprint density at radius 1 is 1.10 bits per heavy atom. The second-order valence-electron chi connectivity index (χ2n) is 6.33. The second kappa shape index (κ2) is 8.46. The van der Waals surface area contributed by atoms with Crippen LogP contribution in [-0.4, -0.2) is 27.7 Å². The Morgan fingerprint density at radius 3 is 2.66 bits per heavy atom. The summed E-state index contributed by atoms with van der Waals surface area (Å²) in [5.41, 5.74) is 2.95. The minimum atomic E-state index is -0.298. The zero-order chi connectivity index (χ0) is 20.2. The SMILES string of the molecule is O=C(CCNC(=O)c1ccccc1Cl)Nc1ccc(-c2cn3ccsc3n2)cc1. The quantitative estimate of drug-likeness (QED) is 0.479. The number of nitrogens with zero attached hydrogens (tertiary/aromatic N) is 2. The van der Waals surface area contributed by atoms with Crippen molar-refractivity contribution in [2.75, 3.05) is 11.9 Å². The van der Waals surface area contributed by atoms with E-state index in [1.54, 1.807) is 35.6 Å². The van der Waals surface area contributed by atoms with Crippen molar-refractivity contribution in [3.05, 3.63) is 76.9 Å². The molecule has 2 heterocycles. The summed E-state index contributed by atoms with van der Waals surface area (Å²) in [6.07, 6.45) is 4.10. The average molecular weight is 425 g/mol. The third kappa shape index (κ3) is 4.47. The smallest absolute Gasteiger partial charge is 0.252 e. The molecule has 2 aromatic carbocycles. The Labute approximate surface area is 176 Å². The normalized spacial score (nSPS) is 10.8. The third-order valence-electron chi connectivity index (χ3n) is 4.31. The Kier molecular flexibility index (Phi) is 5.59. The van der Waals surface area contributed by atoms with Crippen molar-refractivity contribution in [3.63, 3.8) is 0 Å². The lowest BCUT2D eigenvalue weighted by Gasteiger charge is -2.08. The molecule has 8 heteroatoms. The van der Waals surface area contributed by atoms with Crippen LogP contribution in [0.2, 0.25) is 5.02 Å². The van der Waals surface area contributed by atoms with Crippen molar-refractivity contribution in [2.45, 2.75) is 6.42 Å². The number of aromatic nitrogens is 2. The zero-order valence-corrected chi connectivity index (χ0v) is 16.8. The van der Waals surface area contributed by atoms with Gasteiger partial charge in [-0.2, -0.15) is 0 Å². The van der Waals surface area contributed by atoms with Crippen LogP contribution in [0.25, 0.3) is 16.2 Å². The van der Waals surface area contributed by atoms with E-state index in [0.717, 1.165) is 16.2 Å². The van der Waals surface area contributed by atoms with Gasteiger partial charge in [0.05, 0.1) is 16.3 Å². The number of rotatable bonds is 6. The fraction of sp³-hybridized carbons (Fsp3) is 0.0952. The number of carbonyl (C=O) groups excluding carboxylic acids is 2. The summed E-state index contributed by atoms with van der Waals surface area (Å²) >= 11 is 7.58. The van der Waals surface area contributed by atoms with E-state index in [2.05, 4.69) is 15.6 Å². The number of nitrogens with one attached hydrogen (secondary N) is 2. The van der Waals surface area contributed by atoms with Crippen LogP contribution in [-0.2, 0) is 4.79 Å². The Morgan fingerprint density at radius 2 is 1.90 bits per heavy atom. The van der Waals surface area contributed by atoms with Crippen molar-refractivity contribution < 1.29 is 9.59 Å². The summed E-state index contributed by atoms with van der Waals surface area (Å²) in [7, 11) is 0. The zero-order valence-electron chi connectivity index (χ0n) is 15.3. The number of hydrogen-bond acceptors (Lipinski definition) is 4.